The first-order valence-corrected chi connectivity index (χ1v) is 6.49. The number of hydrogen-bond donors (Lipinski definition) is 2. The average Bonchev–Trinajstić information content (AvgIpc) is 2.56. The average molecular weight is 300 g/mol. The number of carbonyl (C=O) groups is 1. The van der Waals surface area contributed by atoms with E-state index in [1.54, 1.807) is 30.3 Å². The third kappa shape index (κ3) is 3.54. The van der Waals surface area contributed by atoms with Gasteiger partial charge in [0.05, 0.1) is 26.0 Å². The first-order chi connectivity index (χ1) is 10.7. The minimum Gasteiger partial charge on any atom is -0.507 e. The van der Waals surface area contributed by atoms with Gasteiger partial charge in [0.1, 0.15) is 17.2 Å². The number of hydrogen-bond acceptors (Lipinski definition) is 5. The van der Waals surface area contributed by atoms with Gasteiger partial charge in [0.25, 0.3) is 5.91 Å². The lowest BCUT2D eigenvalue weighted by Crippen LogP contribution is -2.17. The van der Waals surface area contributed by atoms with Crippen LogP contribution in [-0.2, 0) is 0 Å². The SMILES string of the molecule is COc1cc(O)c(C=NNC(=O)c2ccccc2)c(OC)c1. The minimum atomic E-state index is -0.344. The molecule has 6 nitrogen and oxygen atoms in total. The molecule has 2 aromatic rings. The maximum absolute atomic E-state index is 11.8. The van der Waals surface area contributed by atoms with Crippen LogP contribution >= 0.6 is 0 Å². The molecule has 0 saturated heterocycles. The van der Waals surface area contributed by atoms with Crippen molar-refractivity contribution in [1.29, 1.82) is 0 Å². The molecule has 0 aliphatic carbocycles. The molecule has 0 aliphatic heterocycles. The third-order valence-corrected chi connectivity index (χ3v) is 2.95. The quantitative estimate of drug-likeness (QED) is 0.655. The van der Waals surface area contributed by atoms with Crippen molar-refractivity contribution in [3.8, 4) is 17.2 Å². The van der Waals surface area contributed by atoms with Crippen LogP contribution in [0.2, 0.25) is 0 Å². The van der Waals surface area contributed by atoms with Crippen LogP contribution in [0.4, 0.5) is 0 Å². The van der Waals surface area contributed by atoms with E-state index in [0.29, 0.717) is 22.6 Å². The van der Waals surface area contributed by atoms with Gasteiger partial charge >= 0.3 is 0 Å². The molecule has 0 saturated carbocycles. The third-order valence-electron chi connectivity index (χ3n) is 2.95. The van der Waals surface area contributed by atoms with E-state index < -0.39 is 0 Å². The summed E-state index contributed by atoms with van der Waals surface area (Å²) in [6.07, 6.45) is 1.31. The summed E-state index contributed by atoms with van der Waals surface area (Å²) >= 11 is 0. The van der Waals surface area contributed by atoms with Crippen molar-refractivity contribution < 1.29 is 19.4 Å². The summed E-state index contributed by atoms with van der Waals surface area (Å²) in [4.78, 5) is 11.8. The van der Waals surface area contributed by atoms with Gasteiger partial charge in [0.2, 0.25) is 0 Å². The number of carbonyl (C=O) groups excluding carboxylic acids is 1. The summed E-state index contributed by atoms with van der Waals surface area (Å²) in [5.74, 6) is 0.437. The molecular formula is C16H16N2O4. The minimum absolute atomic E-state index is 0.0612. The second-order valence-corrected chi connectivity index (χ2v) is 4.33. The van der Waals surface area contributed by atoms with Crippen LogP contribution in [0.3, 0.4) is 0 Å². The number of methoxy groups -OCH3 is 2. The molecule has 0 aliphatic rings. The number of nitrogens with zero attached hydrogens (tertiary/aromatic N) is 1. The highest BCUT2D eigenvalue weighted by Gasteiger charge is 2.10. The number of rotatable bonds is 5. The summed E-state index contributed by atoms with van der Waals surface area (Å²) in [6.45, 7) is 0. The van der Waals surface area contributed by atoms with E-state index >= 15 is 0 Å². The summed E-state index contributed by atoms with van der Waals surface area (Å²) in [5.41, 5.74) is 3.22. The molecule has 0 fully saturated rings. The van der Waals surface area contributed by atoms with Gasteiger partial charge in [-0.15, -0.1) is 0 Å². The van der Waals surface area contributed by atoms with Gasteiger partial charge in [-0.3, -0.25) is 4.79 Å². The van der Waals surface area contributed by atoms with Crippen molar-refractivity contribution in [2.75, 3.05) is 14.2 Å². The molecule has 0 unspecified atom stereocenters. The van der Waals surface area contributed by atoms with Crippen molar-refractivity contribution in [1.82, 2.24) is 5.43 Å². The van der Waals surface area contributed by atoms with Gasteiger partial charge in [0, 0.05) is 17.7 Å². The zero-order chi connectivity index (χ0) is 15.9. The van der Waals surface area contributed by atoms with Crippen molar-refractivity contribution >= 4 is 12.1 Å². The van der Waals surface area contributed by atoms with E-state index in [1.165, 1.54) is 26.5 Å². The second-order valence-electron chi connectivity index (χ2n) is 4.33. The monoisotopic (exact) mass is 300 g/mol. The van der Waals surface area contributed by atoms with E-state index in [-0.39, 0.29) is 11.7 Å². The molecular weight excluding hydrogens is 284 g/mol. The number of phenols is 1. The van der Waals surface area contributed by atoms with Gasteiger partial charge in [-0.05, 0) is 12.1 Å². The standard InChI is InChI=1S/C16H16N2O4/c1-21-12-8-14(19)13(15(9-12)22-2)10-17-18-16(20)11-6-4-3-5-7-11/h3-10,19H,1-2H3,(H,18,20). The van der Waals surface area contributed by atoms with Gasteiger partial charge in [-0.1, -0.05) is 18.2 Å². The van der Waals surface area contributed by atoms with Gasteiger partial charge in [-0.25, -0.2) is 5.43 Å². The van der Waals surface area contributed by atoms with E-state index in [9.17, 15) is 9.90 Å². The van der Waals surface area contributed by atoms with E-state index in [1.807, 2.05) is 6.07 Å². The number of phenolic OH excluding ortho intramolecular Hbond substituents is 1. The number of nitrogens with one attached hydrogen (secondary N) is 1. The zero-order valence-corrected chi connectivity index (χ0v) is 12.2. The summed E-state index contributed by atoms with van der Waals surface area (Å²) in [7, 11) is 2.95. The van der Waals surface area contributed by atoms with Gasteiger partial charge < -0.3 is 14.6 Å². The Labute approximate surface area is 128 Å². The molecule has 0 spiro atoms. The van der Waals surface area contributed by atoms with Crippen molar-refractivity contribution in [3.63, 3.8) is 0 Å². The first kappa shape index (κ1) is 15.4. The molecule has 1 amide bonds. The normalized spacial score (nSPS) is 10.5. The van der Waals surface area contributed by atoms with Gasteiger partial charge in [-0.2, -0.15) is 5.10 Å². The van der Waals surface area contributed by atoms with Crippen LogP contribution in [0.1, 0.15) is 15.9 Å². The largest absolute Gasteiger partial charge is 0.507 e. The Morgan fingerprint density at radius 2 is 1.91 bits per heavy atom. The molecule has 0 aromatic heterocycles. The number of amides is 1. The number of benzene rings is 2. The fourth-order valence-corrected chi connectivity index (χ4v) is 1.81. The predicted octanol–water partition coefficient (Wildman–Crippen LogP) is 2.17. The maximum Gasteiger partial charge on any atom is 0.271 e. The number of hydrazone groups is 1. The van der Waals surface area contributed by atoms with Crippen LogP contribution in [-0.4, -0.2) is 31.4 Å². The Morgan fingerprint density at radius 3 is 2.55 bits per heavy atom. The molecule has 114 valence electrons. The van der Waals surface area contributed by atoms with Crippen LogP contribution in [0.5, 0.6) is 17.2 Å². The Balaban J connectivity index is 2.15. The number of aromatic hydroxyl groups is 1. The smallest absolute Gasteiger partial charge is 0.271 e. The number of ether oxygens (including phenoxy) is 2. The predicted molar refractivity (Wildman–Crippen MR) is 82.7 cm³/mol. The lowest BCUT2D eigenvalue weighted by molar-refractivity contribution is 0.0955. The molecule has 22 heavy (non-hydrogen) atoms. The van der Waals surface area contributed by atoms with Crippen molar-refractivity contribution in [2.24, 2.45) is 5.10 Å². The molecule has 6 heteroatoms. The molecule has 0 radical (unpaired) electrons. The maximum atomic E-state index is 11.8. The second kappa shape index (κ2) is 7.12. The van der Waals surface area contributed by atoms with Gasteiger partial charge in [0.15, 0.2) is 0 Å². The Hall–Kier alpha value is -3.02. The molecule has 2 N–H and O–H groups in total. The molecule has 0 heterocycles. The highest BCUT2D eigenvalue weighted by atomic mass is 16.5. The van der Waals surface area contributed by atoms with Crippen LogP contribution in [0, 0.1) is 0 Å². The lowest BCUT2D eigenvalue weighted by Gasteiger charge is -2.09. The van der Waals surface area contributed by atoms with E-state index in [0.717, 1.165) is 0 Å². The fourth-order valence-electron chi connectivity index (χ4n) is 1.81. The van der Waals surface area contributed by atoms with Crippen LogP contribution < -0.4 is 14.9 Å². The van der Waals surface area contributed by atoms with Crippen LogP contribution in [0.25, 0.3) is 0 Å². The van der Waals surface area contributed by atoms with Crippen LogP contribution in [0.15, 0.2) is 47.6 Å². The zero-order valence-electron chi connectivity index (χ0n) is 12.2. The Bertz CT molecular complexity index is 684. The van der Waals surface area contributed by atoms with Crippen molar-refractivity contribution in [3.05, 3.63) is 53.6 Å². The Kier molecular flexibility index (Phi) is 4.98. The summed E-state index contributed by atoms with van der Waals surface area (Å²) < 4.78 is 10.2. The first-order valence-electron chi connectivity index (χ1n) is 6.49. The lowest BCUT2D eigenvalue weighted by atomic mass is 10.2. The molecule has 0 bridgehead atoms. The molecule has 2 aromatic carbocycles. The van der Waals surface area contributed by atoms with Crippen molar-refractivity contribution in [2.45, 2.75) is 0 Å². The highest BCUT2D eigenvalue weighted by molar-refractivity contribution is 5.95. The van der Waals surface area contributed by atoms with E-state index in [4.69, 9.17) is 9.47 Å². The Morgan fingerprint density at radius 1 is 1.18 bits per heavy atom. The fraction of sp³-hybridized carbons (Fsp3) is 0.125. The van der Waals surface area contributed by atoms with E-state index in [2.05, 4.69) is 10.5 Å². The molecule has 2 rings (SSSR count). The summed E-state index contributed by atoms with van der Waals surface area (Å²) in [5, 5.41) is 13.8. The highest BCUT2D eigenvalue weighted by Crippen LogP contribution is 2.31. The topological polar surface area (TPSA) is 80.2 Å². The molecule has 0 atom stereocenters. The summed E-state index contributed by atoms with van der Waals surface area (Å²) in [6, 6.07) is 11.7.